The summed E-state index contributed by atoms with van der Waals surface area (Å²) in [5, 5.41) is 9.04. The average Bonchev–Trinajstić information content (AvgIpc) is 2.76. The first-order valence-electron chi connectivity index (χ1n) is 14.7. The molecule has 0 radical (unpaired) electrons. The molecule has 204 valence electrons. The van der Waals surface area contributed by atoms with Crippen LogP contribution in [0, 0.1) is 11.8 Å². The molecule has 0 rings (SSSR count). The van der Waals surface area contributed by atoms with Gasteiger partial charge in [0.25, 0.3) is 0 Å². The van der Waals surface area contributed by atoms with E-state index in [4.69, 9.17) is 9.84 Å². The summed E-state index contributed by atoms with van der Waals surface area (Å²) in [7, 11) is 0. The molecule has 1 atom stereocenters. The van der Waals surface area contributed by atoms with Crippen molar-refractivity contribution in [3.05, 3.63) is 0 Å². The van der Waals surface area contributed by atoms with Crippen LogP contribution in [0.15, 0.2) is 0 Å². The highest BCUT2D eigenvalue weighted by atomic mass is 16.5. The number of aliphatic carboxylic acids is 1. The van der Waals surface area contributed by atoms with Gasteiger partial charge in [0.1, 0.15) is 0 Å². The number of rotatable bonds is 22. The lowest BCUT2D eigenvalue weighted by Crippen LogP contribution is -2.19. The number of ether oxygens (including phenoxy) is 1. The van der Waals surface area contributed by atoms with Gasteiger partial charge < -0.3 is 9.84 Å². The molecule has 1 unspecified atom stereocenters. The number of hydrogen-bond acceptors (Lipinski definition) is 3. The van der Waals surface area contributed by atoms with Crippen LogP contribution in [0.1, 0.15) is 164 Å². The average molecular weight is 485 g/mol. The van der Waals surface area contributed by atoms with Crippen molar-refractivity contribution in [3.8, 4) is 0 Å². The Morgan fingerprint density at radius 2 is 1.00 bits per heavy atom. The van der Waals surface area contributed by atoms with Gasteiger partial charge in [0.05, 0.1) is 12.0 Å². The van der Waals surface area contributed by atoms with Gasteiger partial charge in [-0.15, -0.1) is 0 Å². The minimum atomic E-state index is -0.622. The van der Waals surface area contributed by atoms with Gasteiger partial charge in [-0.25, -0.2) is 0 Å². The van der Waals surface area contributed by atoms with Gasteiger partial charge in [0.15, 0.2) is 0 Å². The Morgan fingerprint density at radius 3 is 1.35 bits per heavy atom. The van der Waals surface area contributed by atoms with Gasteiger partial charge in [-0.2, -0.15) is 0 Å². The Morgan fingerprint density at radius 1 is 0.618 bits per heavy atom. The van der Waals surface area contributed by atoms with E-state index in [-0.39, 0.29) is 23.9 Å². The third-order valence-corrected chi connectivity index (χ3v) is 6.34. The lowest BCUT2D eigenvalue weighted by Gasteiger charge is -2.15. The maximum absolute atomic E-state index is 11.2. The van der Waals surface area contributed by atoms with Gasteiger partial charge in [-0.1, -0.05) is 130 Å². The minimum Gasteiger partial charge on any atom is -0.481 e. The summed E-state index contributed by atoms with van der Waals surface area (Å²) in [6, 6.07) is 0. The van der Waals surface area contributed by atoms with Crippen LogP contribution < -0.4 is 0 Å². The largest absolute Gasteiger partial charge is 0.481 e. The van der Waals surface area contributed by atoms with Crippen LogP contribution >= 0.6 is 0 Å². The van der Waals surface area contributed by atoms with Crippen molar-refractivity contribution in [3.63, 3.8) is 0 Å². The Hall–Kier alpha value is -1.06. The summed E-state index contributed by atoms with van der Waals surface area (Å²) in [5.41, 5.74) is 0. The summed E-state index contributed by atoms with van der Waals surface area (Å²) in [5.74, 6) is -0.543. The standard InChI is InChI=1S/2C15H30O2/c1-4-5-6-7-8-9-10-11-12-13-15(16)17-14(2)3;1-4-5-6-7-8-9-10-11-12-14(13(2)3)15(16)17/h14H,4-13H2,1-3H3;13-14H,4-12H2,1-3H3,(H,16,17). The molecule has 0 spiro atoms. The van der Waals surface area contributed by atoms with Crippen LogP contribution in [0.2, 0.25) is 0 Å². The number of carbonyl (C=O) groups excluding carboxylic acids is 1. The van der Waals surface area contributed by atoms with Gasteiger partial charge in [-0.3, -0.25) is 9.59 Å². The number of esters is 1. The maximum Gasteiger partial charge on any atom is 0.306 e. The molecule has 0 aromatic carbocycles. The minimum absolute atomic E-state index is 0.0288. The molecule has 34 heavy (non-hydrogen) atoms. The van der Waals surface area contributed by atoms with Gasteiger partial charge in [0, 0.05) is 6.42 Å². The summed E-state index contributed by atoms with van der Waals surface area (Å²) in [4.78, 5) is 22.2. The molecule has 4 heteroatoms. The number of carboxylic acid groups (broad SMARTS) is 1. The highest BCUT2D eigenvalue weighted by Crippen LogP contribution is 2.20. The molecule has 0 amide bonds. The Kier molecular flexibility index (Phi) is 27.4. The Balaban J connectivity index is 0. The van der Waals surface area contributed by atoms with Crippen LogP contribution in [0.4, 0.5) is 0 Å². The zero-order valence-electron chi connectivity index (χ0n) is 23.8. The van der Waals surface area contributed by atoms with E-state index in [9.17, 15) is 9.59 Å². The summed E-state index contributed by atoms with van der Waals surface area (Å²) >= 11 is 0. The summed E-state index contributed by atoms with van der Waals surface area (Å²) < 4.78 is 5.08. The lowest BCUT2D eigenvalue weighted by atomic mass is 9.90. The Bertz CT molecular complexity index is 443. The summed E-state index contributed by atoms with van der Waals surface area (Å²) in [6.07, 6.45) is 23.3. The van der Waals surface area contributed by atoms with Crippen LogP contribution in [0.5, 0.6) is 0 Å². The predicted octanol–water partition coefficient (Wildman–Crippen LogP) is 9.73. The fourth-order valence-electron chi connectivity index (χ4n) is 4.14. The smallest absolute Gasteiger partial charge is 0.306 e. The monoisotopic (exact) mass is 484 g/mol. The second-order valence-corrected chi connectivity index (χ2v) is 10.6. The fourth-order valence-corrected chi connectivity index (χ4v) is 4.14. The van der Waals surface area contributed by atoms with E-state index in [1.165, 1.54) is 96.3 Å². The van der Waals surface area contributed by atoms with Crippen molar-refractivity contribution < 1.29 is 19.4 Å². The first kappa shape index (κ1) is 35.1. The molecule has 0 fully saturated rings. The second kappa shape index (κ2) is 26.5. The topological polar surface area (TPSA) is 63.6 Å². The molecular weight excluding hydrogens is 424 g/mol. The number of unbranched alkanes of at least 4 members (excludes halogenated alkanes) is 15. The van der Waals surface area contributed by atoms with Crippen molar-refractivity contribution in [2.24, 2.45) is 11.8 Å². The van der Waals surface area contributed by atoms with Crippen LogP contribution in [-0.2, 0) is 14.3 Å². The maximum atomic E-state index is 11.2. The first-order valence-corrected chi connectivity index (χ1v) is 14.7. The van der Waals surface area contributed by atoms with Crippen LogP contribution in [-0.4, -0.2) is 23.1 Å². The highest BCUT2D eigenvalue weighted by molar-refractivity contribution is 5.70. The molecule has 0 aliphatic heterocycles. The zero-order valence-corrected chi connectivity index (χ0v) is 23.8. The van der Waals surface area contributed by atoms with E-state index in [0.29, 0.717) is 6.42 Å². The van der Waals surface area contributed by atoms with Crippen molar-refractivity contribution >= 4 is 11.9 Å². The first-order chi connectivity index (χ1) is 16.3. The van der Waals surface area contributed by atoms with E-state index < -0.39 is 5.97 Å². The highest BCUT2D eigenvalue weighted by Gasteiger charge is 2.20. The van der Waals surface area contributed by atoms with Crippen molar-refractivity contribution in [1.82, 2.24) is 0 Å². The molecule has 0 heterocycles. The Labute approximate surface area is 213 Å². The zero-order chi connectivity index (χ0) is 26.0. The van der Waals surface area contributed by atoms with Gasteiger partial charge in [-0.05, 0) is 32.6 Å². The van der Waals surface area contributed by atoms with Crippen molar-refractivity contribution in [2.45, 2.75) is 170 Å². The molecular formula is C30H60O4. The van der Waals surface area contributed by atoms with E-state index >= 15 is 0 Å². The van der Waals surface area contributed by atoms with E-state index in [1.807, 2.05) is 27.7 Å². The summed E-state index contributed by atoms with van der Waals surface area (Å²) in [6.45, 7) is 12.3. The molecule has 4 nitrogen and oxygen atoms in total. The van der Waals surface area contributed by atoms with E-state index in [0.717, 1.165) is 19.3 Å². The van der Waals surface area contributed by atoms with Crippen LogP contribution in [0.25, 0.3) is 0 Å². The lowest BCUT2D eigenvalue weighted by molar-refractivity contribution is -0.147. The molecule has 0 aliphatic rings. The molecule has 0 saturated heterocycles. The SMILES string of the molecule is CCCCCCCCCCC(C(=O)O)C(C)C.CCCCCCCCCCCC(=O)OC(C)C. The fraction of sp³-hybridized carbons (Fsp3) is 0.933. The third kappa shape index (κ3) is 27.2. The predicted molar refractivity (Wildman–Crippen MR) is 146 cm³/mol. The van der Waals surface area contributed by atoms with Gasteiger partial charge >= 0.3 is 11.9 Å². The molecule has 0 bridgehead atoms. The molecule has 0 aromatic heterocycles. The molecule has 0 saturated carbocycles. The normalized spacial score (nSPS) is 11.9. The molecule has 1 N–H and O–H groups in total. The molecule has 0 aliphatic carbocycles. The van der Waals surface area contributed by atoms with Crippen molar-refractivity contribution in [2.75, 3.05) is 0 Å². The molecule has 0 aromatic rings. The van der Waals surface area contributed by atoms with Gasteiger partial charge in [0.2, 0.25) is 0 Å². The second-order valence-electron chi connectivity index (χ2n) is 10.6. The quantitative estimate of drug-likeness (QED) is 0.123. The van der Waals surface area contributed by atoms with Crippen molar-refractivity contribution in [1.29, 1.82) is 0 Å². The van der Waals surface area contributed by atoms with E-state index in [1.54, 1.807) is 0 Å². The number of hydrogen-bond donors (Lipinski definition) is 1. The number of carbonyl (C=O) groups is 2. The third-order valence-electron chi connectivity index (χ3n) is 6.34. The number of carboxylic acids is 1. The van der Waals surface area contributed by atoms with Crippen LogP contribution in [0.3, 0.4) is 0 Å². The van der Waals surface area contributed by atoms with E-state index in [2.05, 4.69) is 13.8 Å².